The van der Waals surface area contributed by atoms with Crippen molar-refractivity contribution in [1.82, 2.24) is 19.9 Å². The van der Waals surface area contributed by atoms with Crippen molar-refractivity contribution in [3.05, 3.63) is 17.8 Å². The van der Waals surface area contributed by atoms with E-state index in [4.69, 9.17) is 11.5 Å². The van der Waals surface area contributed by atoms with Gasteiger partial charge in [0.2, 0.25) is 5.95 Å². The van der Waals surface area contributed by atoms with Crippen molar-refractivity contribution in [1.29, 1.82) is 0 Å². The van der Waals surface area contributed by atoms with Gasteiger partial charge in [-0.1, -0.05) is 6.92 Å². The van der Waals surface area contributed by atoms with E-state index in [2.05, 4.69) is 32.2 Å². The quantitative estimate of drug-likeness (QED) is 0.563. The number of nitrogens with zero attached hydrogens (tertiary/aromatic N) is 4. The molecule has 0 unspecified atom stereocenters. The second-order valence-corrected chi connectivity index (χ2v) is 5.17. The van der Waals surface area contributed by atoms with Crippen LogP contribution in [0.3, 0.4) is 0 Å². The molecule has 0 saturated carbocycles. The maximum absolute atomic E-state index is 5.66. The highest BCUT2D eigenvalue weighted by molar-refractivity contribution is 7.99. The molecule has 2 aromatic rings. The number of nitrogens with two attached hydrogens (primary N) is 2. The Morgan fingerprint density at radius 3 is 2.55 bits per heavy atom. The Kier molecular flexibility index (Phi) is 4.57. The lowest BCUT2D eigenvalue weighted by Crippen LogP contribution is -2.05. The summed E-state index contributed by atoms with van der Waals surface area (Å²) in [4.78, 5) is 16.9. The first-order valence-electron chi connectivity index (χ1n) is 6.24. The van der Waals surface area contributed by atoms with Crippen LogP contribution >= 0.6 is 11.8 Å². The number of hydrogen-bond acceptors (Lipinski definition) is 8. The van der Waals surface area contributed by atoms with E-state index in [1.807, 2.05) is 6.92 Å². The summed E-state index contributed by atoms with van der Waals surface area (Å²) in [5.74, 6) is 1.28. The van der Waals surface area contributed by atoms with Gasteiger partial charge in [-0.3, -0.25) is 0 Å². The second kappa shape index (κ2) is 6.38. The van der Waals surface area contributed by atoms with Gasteiger partial charge >= 0.3 is 0 Å². The predicted molar refractivity (Wildman–Crippen MR) is 80.5 cm³/mol. The fourth-order valence-corrected chi connectivity index (χ4v) is 2.27. The lowest BCUT2D eigenvalue weighted by Gasteiger charge is -2.07. The van der Waals surface area contributed by atoms with Crippen molar-refractivity contribution in [2.45, 2.75) is 30.5 Å². The van der Waals surface area contributed by atoms with Gasteiger partial charge in [0.1, 0.15) is 16.7 Å². The van der Waals surface area contributed by atoms with E-state index in [1.165, 1.54) is 17.8 Å². The Morgan fingerprint density at radius 1 is 1.20 bits per heavy atom. The van der Waals surface area contributed by atoms with Crippen LogP contribution in [0.5, 0.6) is 0 Å². The highest BCUT2D eigenvalue weighted by Gasteiger charge is 2.09. The average molecular weight is 291 g/mol. The molecule has 5 N–H and O–H groups in total. The minimum absolute atomic E-state index is 0.344. The van der Waals surface area contributed by atoms with Gasteiger partial charge in [-0.05, 0) is 25.1 Å². The zero-order valence-electron chi connectivity index (χ0n) is 11.4. The molecule has 2 rings (SSSR count). The number of rotatable bonds is 5. The van der Waals surface area contributed by atoms with E-state index in [-0.39, 0.29) is 0 Å². The Balaban J connectivity index is 2.23. The zero-order valence-corrected chi connectivity index (χ0v) is 12.2. The number of hydrogen-bond donors (Lipinski definition) is 3. The van der Waals surface area contributed by atoms with E-state index < -0.39 is 0 Å². The fraction of sp³-hybridized carbons (Fsp3) is 0.333. The largest absolute Gasteiger partial charge is 0.383 e. The Hall–Kier alpha value is -2.09. The van der Waals surface area contributed by atoms with Gasteiger partial charge in [0.15, 0.2) is 5.16 Å². The molecule has 0 radical (unpaired) electrons. The molecule has 8 heteroatoms. The summed E-state index contributed by atoms with van der Waals surface area (Å²) < 4.78 is 0. The molecule has 0 saturated heterocycles. The summed E-state index contributed by atoms with van der Waals surface area (Å²) >= 11 is 1.32. The Bertz CT molecular complexity index is 582. The van der Waals surface area contributed by atoms with Crippen molar-refractivity contribution in [3.8, 4) is 0 Å². The van der Waals surface area contributed by atoms with Crippen LogP contribution in [0.1, 0.15) is 18.9 Å². The summed E-state index contributed by atoms with van der Waals surface area (Å²) in [5, 5.41) is 4.40. The number of aryl methyl sites for hydroxylation is 1. The van der Waals surface area contributed by atoms with E-state index in [9.17, 15) is 0 Å². The number of anilines is 3. The zero-order chi connectivity index (χ0) is 14.5. The summed E-state index contributed by atoms with van der Waals surface area (Å²) in [6, 6.07) is 1.52. The lowest BCUT2D eigenvalue weighted by atomic mass is 10.4. The number of aromatic nitrogens is 4. The first-order chi connectivity index (χ1) is 9.58. The van der Waals surface area contributed by atoms with E-state index in [1.54, 1.807) is 6.20 Å². The van der Waals surface area contributed by atoms with Crippen LogP contribution in [0.2, 0.25) is 0 Å². The van der Waals surface area contributed by atoms with Gasteiger partial charge in [-0.2, -0.15) is 0 Å². The molecule has 20 heavy (non-hydrogen) atoms. The normalized spacial score (nSPS) is 10.5. The second-order valence-electron chi connectivity index (χ2n) is 4.21. The maximum Gasteiger partial charge on any atom is 0.223 e. The molecule has 0 aromatic carbocycles. The van der Waals surface area contributed by atoms with Crippen LogP contribution in [0.4, 0.5) is 17.6 Å². The van der Waals surface area contributed by atoms with Crippen molar-refractivity contribution < 1.29 is 0 Å². The molecule has 0 amide bonds. The van der Waals surface area contributed by atoms with Gasteiger partial charge in [0.05, 0.1) is 0 Å². The number of nitrogen functional groups attached to an aromatic ring is 2. The van der Waals surface area contributed by atoms with E-state index >= 15 is 0 Å². The van der Waals surface area contributed by atoms with Crippen molar-refractivity contribution in [3.63, 3.8) is 0 Å². The fourth-order valence-electron chi connectivity index (χ4n) is 1.45. The topological polar surface area (TPSA) is 116 Å². The average Bonchev–Trinajstić information content (AvgIpc) is 2.38. The van der Waals surface area contributed by atoms with Gasteiger partial charge in [0.25, 0.3) is 0 Å². The molecule has 0 fully saturated rings. The van der Waals surface area contributed by atoms with Gasteiger partial charge in [-0.15, -0.1) is 0 Å². The molecule has 106 valence electrons. The molecule has 2 aromatic heterocycles. The molecule has 0 atom stereocenters. The molecule has 2 heterocycles. The molecule has 0 aliphatic carbocycles. The van der Waals surface area contributed by atoms with Crippen molar-refractivity contribution in [2.75, 3.05) is 23.3 Å². The third-order valence-corrected chi connectivity index (χ3v) is 3.36. The molecule has 0 spiro atoms. The standard InChI is InChI=1S/C12H17N7S/c1-3-4-15-11-16-6-7(2)10(19-11)20-12-17-8(13)5-9(14)18-12/h5-6H,3-4H2,1-2H3,(H,15,16,19)(H4,13,14,17,18). The van der Waals surface area contributed by atoms with Gasteiger partial charge < -0.3 is 16.8 Å². The SMILES string of the molecule is CCCNc1ncc(C)c(Sc2nc(N)cc(N)n2)n1. The summed E-state index contributed by atoms with van der Waals surface area (Å²) in [6.45, 7) is 4.84. The molecular weight excluding hydrogens is 274 g/mol. The summed E-state index contributed by atoms with van der Waals surface area (Å²) in [7, 11) is 0. The minimum Gasteiger partial charge on any atom is -0.383 e. The van der Waals surface area contributed by atoms with Crippen LogP contribution in [0.15, 0.2) is 22.4 Å². The molecular formula is C12H17N7S. The van der Waals surface area contributed by atoms with Crippen LogP contribution < -0.4 is 16.8 Å². The molecule has 0 aliphatic heterocycles. The number of nitrogens with one attached hydrogen (secondary N) is 1. The molecule has 7 nitrogen and oxygen atoms in total. The van der Waals surface area contributed by atoms with Crippen LogP contribution in [0, 0.1) is 6.92 Å². The highest BCUT2D eigenvalue weighted by atomic mass is 32.2. The summed E-state index contributed by atoms with van der Waals surface area (Å²) in [6.07, 6.45) is 2.78. The lowest BCUT2D eigenvalue weighted by molar-refractivity contribution is 0.919. The minimum atomic E-state index is 0.344. The van der Waals surface area contributed by atoms with Crippen molar-refractivity contribution >= 4 is 29.3 Å². The van der Waals surface area contributed by atoms with E-state index in [0.717, 1.165) is 23.6 Å². The third kappa shape index (κ3) is 3.70. The molecule has 0 bridgehead atoms. The van der Waals surface area contributed by atoms with Gasteiger partial charge in [0, 0.05) is 24.4 Å². The molecule has 0 aliphatic rings. The Morgan fingerprint density at radius 2 is 1.90 bits per heavy atom. The van der Waals surface area contributed by atoms with Crippen molar-refractivity contribution in [2.24, 2.45) is 0 Å². The monoisotopic (exact) mass is 291 g/mol. The maximum atomic E-state index is 5.66. The first-order valence-corrected chi connectivity index (χ1v) is 7.05. The van der Waals surface area contributed by atoms with Crippen LogP contribution in [0.25, 0.3) is 0 Å². The van der Waals surface area contributed by atoms with Crippen LogP contribution in [-0.2, 0) is 0 Å². The van der Waals surface area contributed by atoms with E-state index in [0.29, 0.717) is 22.7 Å². The van der Waals surface area contributed by atoms with Gasteiger partial charge in [-0.25, -0.2) is 19.9 Å². The third-order valence-electron chi connectivity index (χ3n) is 2.39. The predicted octanol–water partition coefficient (Wildman–Crippen LogP) is 1.71. The Labute approximate surface area is 121 Å². The first kappa shape index (κ1) is 14.3. The summed E-state index contributed by atoms with van der Waals surface area (Å²) in [5.41, 5.74) is 12.3. The van der Waals surface area contributed by atoms with Crippen LogP contribution in [-0.4, -0.2) is 26.5 Å². The highest BCUT2D eigenvalue weighted by Crippen LogP contribution is 2.27. The smallest absolute Gasteiger partial charge is 0.223 e.